The van der Waals surface area contributed by atoms with Crippen LogP contribution in [0, 0.1) is 23.2 Å². The molecule has 4 saturated carbocycles. The second-order valence-corrected chi connectivity index (χ2v) is 11.2. The molecule has 0 radical (unpaired) electrons. The highest BCUT2D eigenvalue weighted by atomic mass is 16.2. The molecule has 4 aliphatic rings. The lowest BCUT2D eigenvalue weighted by molar-refractivity contribution is -0.154. The zero-order chi connectivity index (χ0) is 25.9. The number of nitrogens with one attached hydrogen (secondary N) is 3. The minimum Gasteiger partial charge on any atom is -0.361 e. The van der Waals surface area contributed by atoms with Gasteiger partial charge in [-0.25, -0.2) is 0 Å². The van der Waals surface area contributed by atoms with Crippen LogP contribution in [-0.2, 0) is 9.59 Å². The number of fused-ring (bicyclic) bond motifs is 1. The van der Waals surface area contributed by atoms with Crippen molar-refractivity contribution in [2.24, 2.45) is 23.2 Å². The molecule has 7 heteroatoms. The van der Waals surface area contributed by atoms with Crippen LogP contribution < -0.4 is 10.6 Å². The Bertz CT molecular complexity index is 1560. The predicted octanol–water partition coefficient (Wildman–Crippen LogP) is 5.82. The summed E-state index contributed by atoms with van der Waals surface area (Å²) in [5, 5.41) is 7.07. The van der Waals surface area contributed by atoms with Gasteiger partial charge in [0, 0.05) is 52.1 Å². The maximum atomic E-state index is 13.4. The normalized spacial score (nSPS) is 25.5. The second kappa shape index (κ2) is 8.65. The smallest absolute Gasteiger partial charge is 0.274 e. The number of rotatable bonds is 5. The van der Waals surface area contributed by atoms with Crippen LogP contribution in [0.2, 0.25) is 0 Å². The summed E-state index contributed by atoms with van der Waals surface area (Å²) >= 11 is 0. The van der Waals surface area contributed by atoms with Crippen molar-refractivity contribution in [3.8, 4) is 11.1 Å². The quantitative estimate of drug-likeness (QED) is 0.319. The molecule has 0 aliphatic heterocycles. The maximum Gasteiger partial charge on any atom is 0.274 e. The molecule has 38 heavy (non-hydrogen) atoms. The summed E-state index contributed by atoms with van der Waals surface area (Å²) in [6.07, 6.45) is 7.81. The van der Waals surface area contributed by atoms with Gasteiger partial charge in [-0.15, -0.1) is 0 Å². The monoisotopic (exact) mass is 504 g/mol. The van der Waals surface area contributed by atoms with Gasteiger partial charge in [-0.3, -0.25) is 19.4 Å². The molecule has 2 heterocycles. The van der Waals surface area contributed by atoms with E-state index in [2.05, 4.69) is 20.6 Å². The minimum absolute atomic E-state index is 0.0672. The molecule has 0 saturated heterocycles. The first-order valence-corrected chi connectivity index (χ1v) is 13.3. The SMILES string of the molecule is O=C(Nc1ccc2[nH]cc(-c3ccc(NC(=O)C45CC6CC(C4)C(=O)C(C6)C5)cc3)c2c1)c1ccccn1. The summed E-state index contributed by atoms with van der Waals surface area (Å²) in [5.74, 6) is 0.874. The van der Waals surface area contributed by atoms with Crippen LogP contribution in [0.4, 0.5) is 11.4 Å². The molecule has 0 spiro atoms. The van der Waals surface area contributed by atoms with Crippen LogP contribution in [0.25, 0.3) is 22.0 Å². The summed E-state index contributed by atoms with van der Waals surface area (Å²) in [6, 6.07) is 18.9. The highest BCUT2D eigenvalue weighted by Gasteiger charge is 2.58. The van der Waals surface area contributed by atoms with Crippen molar-refractivity contribution in [1.29, 1.82) is 0 Å². The van der Waals surface area contributed by atoms with Crippen molar-refractivity contribution in [1.82, 2.24) is 9.97 Å². The number of pyridine rings is 1. The molecule has 2 aromatic heterocycles. The molecule has 2 atom stereocenters. The fourth-order valence-corrected chi connectivity index (χ4v) is 7.15. The number of hydrogen-bond acceptors (Lipinski definition) is 4. The number of carbonyl (C=O) groups is 3. The molecule has 190 valence electrons. The lowest BCUT2D eigenvalue weighted by Crippen LogP contribution is -2.55. The number of carbonyl (C=O) groups excluding carboxylic acids is 3. The Morgan fingerprint density at radius 3 is 2.39 bits per heavy atom. The first-order chi connectivity index (χ1) is 18.5. The summed E-state index contributed by atoms with van der Waals surface area (Å²) in [5.41, 5.74) is 4.39. The number of hydrogen-bond donors (Lipinski definition) is 3. The van der Waals surface area contributed by atoms with Crippen molar-refractivity contribution >= 4 is 39.9 Å². The first kappa shape index (κ1) is 22.9. The second-order valence-electron chi connectivity index (χ2n) is 11.2. The van der Waals surface area contributed by atoms with Gasteiger partial charge in [0.25, 0.3) is 5.91 Å². The van der Waals surface area contributed by atoms with Gasteiger partial charge in [-0.1, -0.05) is 18.2 Å². The number of ketones is 1. The van der Waals surface area contributed by atoms with E-state index in [0.29, 0.717) is 35.9 Å². The molecule has 8 rings (SSSR count). The van der Waals surface area contributed by atoms with Gasteiger partial charge in [0.05, 0.1) is 5.41 Å². The Morgan fingerprint density at radius 2 is 1.66 bits per heavy atom. The fourth-order valence-electron chi connectivity index (χ4n) is 7.15. The Hall–Kier alpha value is -4.26. The maximum absolute atomic E-state index is 13.4. The number of H-pyrrole nitrogens is 1. The molecule has 2 unspecified atom stereocenters. The Morgan fingerprint density at radius 1 is 0.895 bits per heavy atom. The summed E-state index contributed by atoms with van der Waals surface area (Å²) in [7, 11) is 0. The average Bonchev–Trinajstić information content (AvgIpc) is 3.35. The summed E-state index contributed by atoms with van der Waals surface area (Å²) < 4.78 is 0. The fraction of sp³-hybridized carbons (Fsp3) is 0.290. The Balaban J connectivity index is 1.09. The van der Waals surface area contributed by atoms with E-state index in [1.807, 2.05) is 48.7 Å². The molecule has 4 fully saturated rings. The van der Waals surface area contributed by atoms with Gasteiger partial charge in [0.2, 0.25) is 5.91 Å². The molecule has 4 aromatic rings. The van der Waals surface area contributed by atoms with E-state index < -0.39 is 5.41 Å². The van der Waals surface area contributed by atoms with Crippen LogP contribution in [0.5, 0.6) is 0 Å². The van der Waals surface area contributed by atoms with Crippen LogP contribution in [0.3, 0.4) is 0 Å². The van der Waals surface area contributed by atoms with Gasteiger partial charge in [0.1, 0.15) is 11.5 Å². The number of aromatic nitrogens is 2. The topological polar surface area (TPSA) is 104 Å². The van der Waals surface area contributed by atoms with Crippen molar-refractivity contribution in [2.75, 3.05) is 10.6 Å². The van der Waals surface area contributed by atoms with E-state index in [4.69, 9.17) is 0 Å². The molecule has 2 amide bonds. The largest absolute Gasteiger partial charge is 0.361 e. The highest BCUT2D eigenvalue weighted by molar-refractivity contribution is 6.05. The number of nitrogens with zero attached hydrogens (tertiary/aromatic N) is 1. The van der Waals surface area contributed by atoms with Crippen molar-refractivity contribution in [3.63, 3.8) is 0 Å². The molecule has 3 N–H and O–H groups in total. The molecule has 2 aromatic carbocycles. The number of Topliss-reactive ketones (excluding diaryl/α,β-unsaturated/α-hetero) is 1. The van der Waals surface area contributed by atoms with Crippen molar-refractivity contribution in [2.45, 2.75) is 32.1 Å². The molecule has 4 aliphatic carbocycles. The first-order valence-electron chi connectivity index (χ1n) is 13.3. The van der Waals surface area contributed by atoms with Gasteiger partial charge < -0.3 is 15.6 Å². The zero-order valence-electron chi connectivity index (χ0n) is 20.9. The predicted molar refractivity (Wildman–Crippen MR) is 146 cm³/mol. The Labute approximate surface area is 220 Å². The number of aromatic amines is 1. The number of anilines is 2. The standard InChI is InChI=1S/C31H28N4O3/c36-28-20-11-18-12-21(28)16-31(14-18,15-20)30(38)35-22-6-4-19(5-7-22)25-17-33-26-9-8-23(13-24(25)26)34-29(37)27-3-1-2-10-32-27/h1-10,13,17-18,20-21,33H,11-12,14-16H2,(H,34,37)(H,35,38). The van der Waals surface area contributed by atoms with E-state index in [-0.39, 0.29) is 23.7 Å². The molecule has 4 bridgehead atoms. The third kappa shape index (κ3) is 3.81. The molecular formula is C31H28N4O3. The lowest BCUT2D eigenvalue weighted by atomic mass is 9.49. The van der Waals surface area contributed by atoms with Crippen LogP contribution in [0.1, 0.15) is 42.6 Å². The van der Waals surface area contributed by atoms with Crippen LogP contribution in [-0.4, -0.2) is 27.6 Å². The third-order valence-electron chi connectivity index (χ3n) is 8.77. The molecular weight excluding hydrogens is 476 g/mol. The third-order valence-corrected chi connectivity index (χ3v) is 8.77. The number of amides is 2. The van der Waals surface area contributed by atoms with Gasteiger partial charge in [-0.05, 0) is 86.1 Å². The van der Waals surface area contributed by atoms with Crippen molar-refractivity contribution in [3.05, 3.63) is 78.8 Å². The average molecular weight is 505 g/mol. The zero-order valence-corrected chi connectivity index (χ0v) is 20.9. The number of benzene rings is 2. The van der Waals surface area contributed by atoms with Crippen LogP contribution in [0.15, 0.2) is 73.1 Å². The van der Waals surface area contributed by atoms with Gasteiger partial charge in [0.15, 0.2) is 0 Å². The van der Waals surface area contributed by atoms with Crippen molar-refractivity contribution < 1.29 is 14.4 Å². The Kier molecular flexibility index (Phi) is 5.21. The lowest BCUT2D eigenvalue weighted by Gasteiger charge is -2.54. The van der Waals surface area contributed by atoms with E-state index in [1.54, 1.807) is 24.4 Å². The van der Waals surface area contributed by atoms with E-state index in [1.165, 1.54) is 0 Å². The van der Waals surface area contributed by atoms with E-state index in [9.17, 15) is 14.4 Å². The minimum atomic E-state index is -0.393. The molecule has 7 nitrogen and oxygen atoms in total. The van der Waals surface area contributed by atoms with E-state index >= 15 is 0 Å². The van der Waals surface area contributed by atoms with Crippen LogP contribution >= 0.6 is 0 Å². The van der Waals surface area contributed by atoms with E-state index in [0.717, 1.165) is 47.0 Å². The van der Waals surface area contributed by atoms with Gasteiger partial charge >= 0.3 is 0 Å². The van der Waals surface area contributed by atoms with Gasteiger partial charge in [-0.2, -0.15) is 0 Å². The summed E-state index contributed by atoms with van der Waals surface area (Å²) in [6.45, 7) is 0. The highest BCUT2D eigenvalue weighted by Crippen LogP contribution is 2.58. The summed E-state index contributed by atoms with van der Waals surface area (Å²) in [4.78, 5) is 45.9.